The molecule has 2 rings (SSSR count). The lowest BCUT2D eigenvalue weighted by molar-refractivity contribution is 0.0458. The molecule has 0 unspecified atom stereocenters. The topological polar surface area (TPSA) is 40.5 Å². The molecule has 0 fully saturated rings. The fraction of sp³-hybridized carbons (Fsp3) is 0.312. The summed E-state index contributed by atoms with van der Waals surface area (Å²) in [6.45, 7) is 4.66. The Morgan fingerprint density at radius 1 is 1.20 bits per heavy atom. The van der Waals surface area contributed by atoms with Crippen molar-refractivity contribution in [1.29, 1.82) is 0 Å². The Morgan fingerprint density at radius 2 is 1.95 bits per heavy atom. The SMILES string of the molecule is CCOc1ccccc1COC(=O)c1ccc(C)n1C. The molecule has 2 aromatic rings. The summed E-state index contributed by atoms with van der Waals surface area (Å²) in [5.74, 6) is 0.428. The van der Waals surface area contributed by atoms with E-state index < -0.39 is 0 Å². The molecule has 0 aliphatic heterocycles. The lowest BCUT2D eigenvalue weighted by Crippen LogP contribution is -2.11. The lowest BCUT2D eigenvalue weighted by Gasteiger charge is -2.11. The fourth-order valence-corrected chi connectivity index (χ4v) is 1.95. The molecule has 0 saturated carbocycles. The summed E-state index contributed by atoms with van der Waals surface area (Å²) in [5.41, 5.74) is 2.44. The van der Waals surface area contributed by atoms with Gasteiger partial charge in [0.05, 0.1) is 6.61 Å². The van der Waals surface area contributed by atoms with Crippen molar-refractivity contribution in [3.63, 3.8) is 0 Å². The number of nitrogens with zero attached hydrogens (tertiary/aromatic N) is 1. The first-order valence-corrected chi connectivity index (χ1v) is 6.63. The number of hydrogen-bond acceptors (Lipinski definition) is 3. The smallest absolute Gasteiger partial charge is 0.355 e. The van der Waals surface area contributed by atoms with Gasteiger partial charge in [-0.3, -0.25) is 0 Å². The maximum Gasteiger partial charge on any atom is 0.355 e. The molecule has 0 N–H and O–H groups in total. The standard InChI is InChI=1S/C16H19NO3/c1-4-19-15-8-6-5-7-13(15)11-20-16(18)14-10-9-12(2)17(14)3/h5-10H,4,11H2,1-3H3. The molecular weight excluding hydrogens is 254 g/mol. The van der Waals surface area contributed by atoms with Crippen LogP contribution in [0.1, 0.15) is 28.7 Å². The summed E-state index contributed by atoms with van der Waals surface area (Å²) < 4.78 is 12.7. The minimum Gasteiger partial charge on any atom is -0.493 e. The normalized spacial score (nSPS) is 10.3. The average molecular weight is 273 g/mol. The summed E-state index contributed by atoms with van der Waals surface area (Å²) >= 11 is 0. The van der Waals surface area contributed by atoms with Crippen molar-refractivity contribution in [2.45, 2.75) is 20.5 Å². The zero-order chi connectivity index (χ0) is 14.5. The Kier molecular flexibility index (Phi) is 4.45. The molecular formula is C16H19NO3. The predicted molar refractivity (Wildman–Crippen MR) is 76.9 cm³/mol. The average Bonchev–Trinajstić information content (AvgIpc) is 2.78. The minimum absolute atomic E-state index is 0.208. The highest BCUT2D eigenvalue weighted by atomic mass is 16.5. The number of para-hydroxylation sites is 1. The van der Waals surface area contributed by atoms with Gasteiger partial charge in [-0.25, -0.2) is 4.79 Å². The highest BCUT2D eigenvalue weighted by Gasteiger charge is 2.13. The zero-order valence-electron chi connectivity index (χ0n) is 12.1. The van der Waals surface area contributed by atoms with Crippen LogP contribution in [0.2, 0.25) is 0 Å². The number of rotatable bonds is 5. The van der Waals surface area contributed by atoms with E-state index in [4.69, 9.17) is 9.47 Å². The third-order valence-corrected chi connectivity index (χ3v) is 3.21. The molecule has 0 radical (unpaired) electrons. The van der Waals surface area contributed by atoms with Gasteiger partial charge in [0.25, 0.3) is 0 Å². The number of aryl methyl sites for hydroxylation is 1. The van der Waals surface area contributed by atoms with Gasteiger partial charge in [-0.05, 0) is 32.0 Å². The Bertz CT molecular complexity index is 602. The van der Waals surface area contributed by atoms with E-state index in [1.54, 1.807) is 6.07 Å². The van der Waals surface area contributed by atoms with Crippen molar-refractivity contribution in [2.75, 3.05) is 6.61 Å². The monoisotopic (exact) mass is 273 g/mol. The Morgan fingerprint density at radius 3 is 2.60 bits per heavy atom. The van der Waals surface area contributed by atoms with E-state index in [0.717, 1.165) is 17.0 Å². The first-order valence-electron chi connectivity index (χ1n) is 6.63. The van der Waals surface area contributed by atoms with Gasteiger partial charge in [-0.1, -0.05) is 18.2 Å². The van der Waals surface area contributed by atoms with E-state index in [1.807, 2.05) is 55.8 Å². The van der Waals surface area contributed by atoms with Crippen molar-refractivity contribution < 1.29 is 14.3 Å². The van der Waals surface area contributed by atoms with Crippen LogP contribution >= 0.6 is 0 Å². The lowest BCUT2D eigenvalue weighted by atomic mass is 10.2. The van der Waals surface area contributed by atoms with Crippen LogP contribution in [0.5, 0.6) is 5.75 Å². The van der Waals surface area contributed by atoms with Gasteiger partial charge < -0.3 is 14.0 Å². The summed E-state index contributed by atoms with van der Waals surface area (Å²) in [6.07, 6.45) is 0. The number of ether oxygens (including phenoxy) is 2. The van der Waals surface area contributed by atoms with Gasteiger partial charge in [-0.2, -0.15) is 0 Å². The van der Waals surface area contributed by atoms with Crippen LogP contribution in [0, 0.1) is 6.92 Å². The van der Waals surface area contributed by atoms with E-state index in [-0.39, 0.29) is 12.6 Å². The van der Waals surface area contributed by atoms with E-state index in [2.05, 4.69) is 0 Å². The van der Waals surface area contributed by atoms with E-state index in [1.165, 1.54) is 0 Å². The summed E-state index contributed by atoms with van der Waals surface area (Å²) in [4.78, 5) is 12.0. The quantitative estimate of drug-likeness (QED) is 0.786. The third-order valence-electron chi connectivity index (χ3n) is 3.21. The van der Waals surface area contributed by atoms with Gasteiger partial charge in [0.1, 0.15) is 18.1 Å². The summed E-state index contributed by atoms with van der Waals surface area (Å²) in [6, 6.07) is 11.2. The summed E-state index contributed by atoms with van der Waals surface area (Å²) in [7, 11) is 1.85. The predicted octanol–water partition coefficient (Wildman–Crippen LogP) is 3.09. The van der Waals surface area contributed by atoms with Crippen LogP contribution in [0.15, 0.2) is 36.4 Å². The highest BCUT2D eigenvalue weighted by Crippen LogP contribution is 2.19. The summed E-state index contributed by atoms with van der Waals surface area (Å²) in [5, 5.41) is 0. The molecule has 0 saturated heterocycles. The van der Waals surface area contributed by atoms with Crippen molar-refractivity contribution in [3.05, 3.63) is 53.3 Å². The second-order valence-electron chi connectivity index (χ2n) is 4.54. The van der Waals surface area contributed by atoms with E-state index in [0.29, 0.717) is 12.3 Å². The number of hydrogen-bond donors (Lipinski definition) is 0. The number of carbonyl (C=O) groups excluding carboxylic acids is 1. The molecule has 0 atom stereocenters. The first kappa shape index (κ1) is 14.2. The largest absolute Gasteiger partial charge is 0.493 e. The van der Waals surface area contributed by atoms with Crippen molar-refractivity contribution in [2.24, 2.45) is 7.05 Å². The van der Waals surface area contributed by atoms with E-state index >= 15 is 0 Å². The molecule has 0 aliphatic carbocycles. The number of esters is 1. The molecule has 0 bridgehead atoms. The second-order valence-corrected chi connectivity index (χ2v) is 4.54. The van der Waals surface area contributed by atoms with Gasteiger partial charge in [-0.15, -0.1) is 0 Å². The molecule has 20 heavy (non-hydrogen) atoms. The van der Waals surface area contributed by atoms with Crippen molar-refractivity contribution in [1.82, 2.24) is 4.57 Å². The van der Waals surface area contributed by atoms with Gasteiger partial charge in [0, 0.05) is 18.3 Å². The molecule has 4 nitrogen and oxygen atoms in total. The van der Waals surface area contributed by atoms with Gasteiger partial charge in [0.2, 0.25) is 0 Å². The maximum atomic E-state index is 12.0. The Hall–Kier alpha value is -2.23. The molecule has 0 spiro atoms. The number of carbonyl (C=O) groups is 1. The molecule has 4 heteroatoms. The van der Waals surface area contributed by atoms with Crippen LogP contribution in [0.3, 0.4) is 0 Å². The second kappa shape index (κ2) is 6.28. The van der Waals surface area contributed by atoms with Gasteiger partial charge in [0.15, 0.2) is 0 Å². The Labute approximate surface area is 118 Å². The van der Waals surface area contributed by atoms with E-state index in [9.17, 15) is 4.79 Å². The first-order chi connectivity index (χ1) is 9.63. The molecule has 1 aromatic carbocycles. The fourth-order valence-electron chi connectivity index (χ4n) is 1.95. The van der Waals surface area contributed by atoms with Crippen LogP contribution < -0.4 is 4.74 Å². The van der Waals surface area contributed by atoms with Crippen LogP contribution in [0.25, 0.3) is 0 Å². The van der Waals surface area contributed by atoms with Crippen LogP contribution in [0.4, 0.5) is 0 Å². The third kappa shape index (κ3) is 3.02. The highest BCUT2D eigenvalue weighted by molar-refractivity contribution is 5.87. The maximum absolute atomic E-state index is 12.0. The molecule has 1 heterocycles. The number of aromatic nitrogens is 1. The van der Waals surface area contributed by atoms with Crippen molar-refractivity contribution in [3.8, 4) is 5.75 Å². The zero-order valence-corrected chi connectivity index (χ0v) is 12.1. The van der Waals surface area contributed by atoms with Crippen LogP contribution in [-0.2, 0) is 18.4 Å². The molecule has 106 valence electrons. The molecule has 1 aromatic heterocycles. The molecule has 0 aliphatic rings. The van der Waals surface area contributed by atoms with Crippen LogP contribution in [-0.4, -0.2) is 17.1 Å². The van der Waals surface area contributed by atoms with Crippen molar-refractivity contribution >= 4 is 5.97 Å². The Balaban J connectivity index is 2.05. The minimum atomic E-state index is -0.327. The number of benzene rings is 1. The molecule has 0 amide bonds. The van der Waals surface area contributed by atoms with Gasteiger partial charge >= 0.3 is 5.97 Å².